The third-order valence-electron chi connectivity index (χ3n) is 3.18. The molecule has 4 N–H and O–H groups in total. The first-order valence-corrected chi connectivity index (χ1v) is 6.44. The number of hydrogen-bond acceptors (Lipinski definition) is 3. The van der Waals surface area contributed by atoms with Crippen molar-refractivity contribution in [3.8, 4) is 0 Å². The van der Waals surface area contributed by atoms with E-state index in [1.807, 2.05) is 6.07 Å². The Hall–Kier alpha value is -2.66. The average molecular weight is 284 g/mol. The van der Waals surface area contributed by atoms with Crippen molar-refractivity contribution in [3.05, 3.63) is 65.2 Å². The van der Waals surface area contributed by atoms with E-state index in [2.05, 4.69) is 5.32 Å². The number of carboxylic acids is 1. The first-order chi connectivity index (χ1) is 9.99. The molecule has 0 aliphatic rings. The molecule has 1 amide bonds. The Bertz CT molecular complexity index is 668. The van der Waals surface area contributed by atoms with Crippen LogP contribution in [-0.2, 0) is 4.79 Å². The lowest BCUT2D eigenvalue weighted by atomic mass is 10.1. The second kappa shape index (κ2) is 6.19. The largest absolute Gasteiger partial charge is 0.478 e. The lowest BCUT2D eigenvalue weighted by Crippen LogP contribution is -2.27. The summed E-state index contributed by atoms with van der Waals surface area (Å²) in [5.74, 6) is -1.42. The number of carbonyl (C=O) groups excluding carboxylic acids is 1. The van der Waals surface area contributed by atoms with Crippen LogP contribution in [0.4, 0.5) is 5.69 Å². The van der Waals surface area contributed by atoms with Crippen molar-refractivity contribution in [1.82, 2.24) is 0 Å². The van der Waals surface area contributed by atoms with Crippen LogP contribution in [0.15, 0.2) is 48.5 Å². The van der Waals surface area contributed by atoms with Crippen LogP contribution in [0.5, 0.6) is 0 Å². The van der Waals surface area contributed by atoms with E-state index >= 15 is 0 Å². The zero-order chi connectivity index (χ0) is 15.4. The van der Waals surface area contributed by atoms with Crippen molar-refractivity contribution in [2.24, 2.45) is 5.73 Å². The lowest BCUT2D eigenvalue weighted by molar-refractivity contribution is -0.117. The van der Waals surface area contributed by atoms with Crippen LogP contribution in [0.3, 0.4) is 0 Å². The molecule has 0 saturated carbocycles. The van der Waals surface area contributed by atoms with Gasteiger partial charge < -0.3 is 16.2 Å². The van der Waals surface area contributed by atoms with Gasteiger partial charge in [0, 0.05) is 5.69 Å². The van der Waals surface area contributed by atoms with Gasteiger partial charge in [0.05, 0.1) is 5.56 Å². The van der Waals surface area contributed by atoms with Crippen molar-refractivity contribution < 1.29 is 14.7 Å². The smallest absolute Gasteiger partial charge is 0.336 e. The van der Waals surface area contributed by atoms with E-state index in [0.29, 0.717) is 16.8 Å². The van der Waals surface area contributed by atoms with E-state index in [4.69, 9.17) is 10.8 Å². The van der Waals surface area contributed by atoms with Crippen LogP contribution < -0.4 is 11.1 Å². The molecule has 1 atom stereocenters. The molecule has 2 aromatic rings. The van der Waals surface area contributed by atoms with Crippen LogP contribution in [0, 0.1) is 6.92 Å². The van der Waals surface area contributed by atoms with Gasteiger partial charge in [0.25, 0.3) is 0 Å². The van der Waals surface area contributed by atoms with Crippen molar-refractivity contribution in [2.75, 3.05) is 5.32 Å². The van der Waals surface area contributed by atoms with Crippen molar-refractivity contribution in [2.45, 2.75) is 13.0 Å². The fraction of sp³-hybridized carbons (Fsp3) is 0.125. The maximum absolute atomic E-state index is 12.1. The maximum Gasteiger partial charge on any atom is 0.336 e. The van der Waals surface area contributed by atoms with Crippen LogP contribution >= 0.6 is 0 Å². The number of anilines is 1. The molecule has 0 aromatic heterocycles. The molecular weight excluding hydrogens is 268 g/mol. The highest BCUT2D eigenvalue weighted by Crippen LogP contribution is 2.17. The highest BCUT2D eigenvalue weighted by atomic mass is 16.4. The Balaban J connectivity index is 2.16. The van der Waals surface area contributed by atoms with Gasteiger partial charge in [-0.25, -0.2) is 4.79 Å². The summed E-state index contributed by atoms with van der Waals surface area (Å²) < 4.78 is 0. The third kappa shape index (κ3) is 3.46. The molecule has 0 aliphatic heterocycles. The summed E-state index contributed by atoms with van der Waals surface area (Å²) in [6, 6.07) is 12.9. The number of carboxylic acid groups (broad SMARTS) is 1. The number of nitrogens with two attached hydrogens (primary N) is 1. The third-order valence-corrected chi connectivity index (χ3v) is 3.18. The predicted octanol–water partition coefficient (Wildman–Crippen LogP) is 2.33. The zero-order valence-corrected chi connectivity index (χ0v) is 11.5. The van der Waals surface area contributed by atoms with E-state index in [9.17, 15) is 9.59 Å². The molecule has 21 heavy (non-hydrogen) atoms. The highest BCUT2D eigenvalue weighted by Gasteiger charge is 2.16. The molecule has 0 radical (unpaired) electrons. The minimum absolute atomic E-state index is 0.154. The highest BCUT2D eigenvalue weighted by molar-refractivity contribution is 5.97. The molecule has 5 nitrogen and oxygen atoms in total. The molecule has 2 rings (SSSR count). The number of amides is 1. The minimum atomic E-state index is -1.03. The first-order valence-electron chi connectivity index (χ1n) is 6.44. The van der Waals surface area contributed by atoms with Gasteiger partial charge in [-0.2, -0.15) is 0 Å². The van der Waals surface area contributed by atoms with E-state index < -0.39 is 12.0 Å². The number of carbonyl (C=O) groups is 2. The number of aromatic carboxylic acids is 1. The normalized spacial score (nSPS) is 11.7. The summed E-state index contributed by atoms with van der Waals surface area (Å²) in [6.45, 7) is 1.70. The fourth-order valence-corrected chi connectivity index (χ4v) is 1.96. The Morgan fingerprint density at radius 3 is 2.43 bits per heavy atom. The minimum Gasteiger partial charge on any atom is -0.478 e. The second-order valence-electron chi connectivity index (χ2n) is 4.71. The van der Waals surface area contributed by atoms with Gasteiger partial charge in [-0.05, 0) is 30.2 Å². The summed E-state index contributed by atoms with van der Waals surface area (Å²) in [5.41, 5.74) is 7.78. The Morgan fingerprint density at radius 1 is 1.14 bits per heavy atom. The fourth-order valence-electron chi connectivity index (χ4n) is 1.96. The van der Waals surface area contributed by atoms with Gasteiger partial charge >= 0.3 is 5.97 Å². The van der Waals surface area contributed by atoms with Gasteiger partial charge in [-0.1, -0.05) is 36.4 Å². The maximum atomic E-state index is 12.1. The molecule has 108 valence electrons. The van der Waals surface area contributed by atoms with Crippen LogP contribution in [0.2, 0.25) is 0 Å². The van der Waals surface area contributed by atoms with E-state index in [-0.39, 0.29) is 11.5 Å². The van der Waals surface area contributed by atoms with Gasteiger partial charge in [-0.15, -0.1) is 0 Å². The number of nitrogens with one attached hydrogen (secondary N) is 1. The van der Waals surface area contributed by atoms with Gasteiger partial charge in [0.2, 0.25) is 5.91 Å². The van der Waals surface area contributed by atoms with Crippen molar-refractivity contribution in [1.29, 1.82) is 0 Å². The summed E-state index contributed by atoms with van der Waals surface area (Å²) in [7, 11) is 0. The van der Waals surface area contributed by atoms with Crippen LogP contribution in [0.1, 0.15) is 27.5 Å². The monoisotopic (exact) mass is 284 g/mol. The second-order valence-corrected chi connectivity index (χ2v) is 4.71. The molecule has 0 unspecified atom stereocenters. The zero-order valence-electron chi connectivity index (χ0n) is 11.5. The molecule has 0 saturated heterocycles. The predicted molar refractivity (Wildman–Crippen MR) is 80.1 cm³/mol. The molecular formula is C16H16N2O3. The van der Waals surface area contributed by atoms with E-state index in [0.717, 1.165) is 0 Å². The summed E-state index contributed by atoms with van der Waals surface area (Å²) in [6.07, 6.45) is 0. The van der Waals surface area contributed by atoms with Gasteiger partial charge in [0.1, 0.15) is 6.04 Å². The van der Waals surface area contributed by atoms with E-state index in [1.54, 1.807) is 43.3 Å². The first kappa shape index (κ1) is 14.7. The Kier molecular flexibility index (Phi) is 4.35. The number of benzene rings is 2. The molecule has 0 heterocycles. The van der Waals surface area contributed by atoms with Crippen molar-refractivity contribution in [3.63, 3.8) is 0 Å². The topological polar surface area (TPSA) is 92.4 Å². The Labute approximate surface area is 122 Å². The molecule has 5 heteroatoms. The van der Waals surface area contributed by atoms with Gasteiger partial charge in [-0.3, -0.25) is 4.79 Å². The average Bonchev–Trinajstić information content (AvgIpc) is 2.49. The lowest BCUT2D eigenvalue weighted by Gasteiger charge is -2.13. The van der Waals surface area contributed by atoms with Crippen LogP contribution in [0.25, 0.3) is 0 Å². The number of aryl methyl sites for hydroxylation is 1. The summed E-state index contributed by atoms with van der Waals surface area (Å²) >= 11 is 0. The molecule has 0 spiro atoms. The standard InChI is InChI=1S/C16H16N2O3/c1-10-7-8-12(9-13(10)16(20)21)18-15(19)14(17)11-5-3-2-4-6-11/h2-9,14H,17H2,1H3,(H,18,19)(H,20,21)/t14-/m0/s1. The molecule has 2 aromatic carbocycles. The molecule has 0 aliphatic carbocycles. The van der Waals surface area contributed by atoms with Gasteiger partial charge in [0.15, 0.2) is 0 Å². The summed E-state index contributed by atoms with van der Waals surface area (Å²) in [4.78, 5) is 23.2. The quantitative estimate of drug-likeness (QED) is 0.803. The molecule has 0 fully saturated rings. The number of hydrogen-bond donors (Lipinski definition) is 3. The Morgan fingerprint density at radius 2 is 1.81 bits per heavy atom. The SMILES string of the molecule is Cc1ccc(NC(=O)[C@@H](N)c2ccccc2)cc1C(=O)O. The van der Waals surface area contributed by atoms with E-state index in [1.165, 1.54) is 6.07 Å². The van der Waals surface area contributed by atoms with Crippen molar-refractivity contribution >= 4 is 17.6 Å². The molecule has 0 bridgehead atoms. The van der Waals surface area contributed by atoms with Crippen LogP contribution in [-0.4, -0.2) is 17.0 Å². The number of rotatable bonds is 4. The summed E-state index contributed by atoms with van der Waals surface area (Å²) in [5, 5.41) is 11.7.